The van der Waals surface area contributed by atoms with Crippen molar-refractivity contribution in [3.63, 3.8) is 0 Å². The van der Waals surface area contributed by atoms with Crippen molar-refractivity contribution in [3.8, 4) is 23.3 Å². The molecule has 0 spiro atoms. The summed E-state index contributed by atoms with van der Waals surface area (Å²) >= 11 is 0. The van der Waals surface area contributed by atoms with Gasteiger partial charge in [-0.25, -0.2) is 14.8 Å². The van der Waals surface area contributed by atoms with E-state index in [4.69, 9.17) is 15.5 Å². The van der Waals surface area contributed by atoms with Crippen molar-refractivity contribution in [3.05, 3.63) is 113 Å². The lowest BCUT2D eigenvalue weighted by Gasteiger charge is -2.34. The van der Waals surface area contributed by atoms with E-state index >= 15 is 0 Å². The summed E-state index contributed by atoms with van der Waals surface area (Å²) < 4.78 is 9.24. The van der Waals surface area contributed by atoms with Crippen molar-refractivity contribution in [2.75, 3.05) is 56.9 Å². The Morgan fingerprint density at radius 1 is 0.962 bits per heavy atom. The SMILES string of the molecule is CN1CCN(c2cccc(C(C)(C)C=C(C#N)C(=O)N3CCC[C@@H](n4c(=O)n(-c5ccc(Oc6ccccc6)cc5)c5c(N)nccc54)C3)n2)CC1. The highest BCUT2D eigenvalue weighted by Crippen LogP contribution is 2.31. The third-order valence-corrected chi connectivity index (χ3v) is 10.0. The van der Waals surface area contributed by atoms with E-state index in [1.807, 2.05) is 74.5 Å². The number of rotatable bonds is 8. The average molecular weight is 698 g/mol. The lowest BCUT2D eigenvalue weighted by Crippen LogP contribution is -2.45. The molecule has 12 heteroatoms. The van der Waals surface area contributed by atoms with Gasteiger partial charge in [0.1, 0.15) is 40.3 Å². The molecule has 0 saturated carbocycles. The third kappa shape index (κ3) is 6.87. The molecule has 0 unspecified atom stereocenters. The van der Waals surface area contributed by atoms with Gasteiger partial charge >= 0.3 is 5.69 Å². The van der Waals surface area contributed by atoms with Gasteiger partial charge in [0.15, 0.2) is 0 Å². The van der Waals surface area contributed by atoms with Gasteiger partial charge in [-0.15, -0.1) is 0 Å². The third-order valence-electron chi connectivity index (χ3n) is 10.0. The molecule has 2 fully saturated rings. The number of likely N-dealkylation sites (tertiary alicyclic amines) is 1. The second-order valence-electron chi connectivity index (χ2n) is 14.1. The van der Waals surface area contributed by atoms with Gasteiger partial charge in [-0.3, -0.25) is 13.9 Å². The second kappa shape index (κ2) is 14.4. The molecule has 2 aromatic carbocycles. The predicted octanol–water partition coefficient (Wildman–Crippen LogP) is 5.30. The van der Waals surface area contributed by atoms with E-state index in [1.165, 1.54) is 0 Å². The molecular weight excluding hydrogens is 654 g/mol. The fourth-order valence-electron chi connectivity index (χ4n) is 7.16. The van der Waals surface area contributed by atoms with Crippen molar-refractivity contribution in [1.29, 1.82) is 5.26 Å². The molecule has 1 atom stereocenters. The summed E-state index contributed by atoms with van der Waals surface area (Å²) in [6, 6.07) is 26.3. The van der Waals surface area contributed by atoms with E-state index in [9.17, 15) is 14.9 Å². The quantitative estimate of drug-likeness (QED) is 0.169. The van der Waals surface area contributed by atoms with Crippen LogP contribution in [0, 0.1) is 11.3 Å². The number of imidazole rings is 1. The maximum absolute atomic E-state index is 14.3. The Kier molecular flexibility index (Phi) is 9.53. The van der Waals surface area contributed by atoms with Gasteiger partial charge in [-0.1, -0.05) is 38.1 Å². The number of nitriles is 1. The predicted molar refractivity (Wildman–Crippen MR) is 202 cm³/mol. The Morgan fingerprint density at radius 2 is 1.69 bits per heavy atom. The Bertz CT molecular complexity index is 2210. The number of nitrogen functional groups attached to an aromatic ring is 1. The Labute approximate surface area is 303 Å². The number of aromatic nitrogens is 4. The van der Waals surface area contributed by atoms with Crippen molar-refractivity contribution in [2.24, 2.45) is 0 Å². The lowest BCUT2D eigenvalue weighted by molar-refractivity contribution is -0.128. The van der Waals surface area contributed by atoms with E-state index in [-0.39, 0.29) is 35.6 Å². The van der Waals surface area contributed by atoms with Crippen LogP contribution < -0.4 is 21.1 Å². The first-order valence-electron chi connectivity index (χ1n) is 17.7. The van der Waals surface area contributed by atoms with Gasteiger partial charge in [-0.05, 0) is 80.6 Å². The monoisotopic (exact) mass is 697 g/mol. The van der Waals surface area contributed by atoms with Crippen LogP contribution in [0.1, 0.15) is 38.4 Å². The van der Waals surface area contributed by atoms with Crippen LogP contribution in [0.4, 0.5) is 11.6 Å². The number of hydrogen-bond donors (Lipinski definition) is 1. The number of allylic oxidation sites excluding steroid dienone is 1. The molecule has 266 valence electrons. The minimum Gasteiger partial charge on any atom is -0.457 e. The number of para-hydroxylation sites is 1. The number of nitrogens with zero attached hydrogens (tertiary/aromatic N) is 8. The van der Waals surface area contributed by atoms with Crippen molar-refractivity contribution in [1.82, 2.24) is 28.9 Å². The van der Waals surface area contributed by atoms with E-state index < -0.39 is 5.41 Å². The molecule has 1 amide bonds. The van der Waals surface area contributed by atoms with Gasteiger partial charge in [0.25, 0.3) is 5.91 Å². The highest BCUT2D eigenvalue weighted by atomic mass is 16.5. The standard InChI is InChI=1S/C40H43N9O3/c1-40(2,34-12-7-13-35(44-34)46-23-21-45(3)22-24-46)25-28(26-41)38(50)47-20-8-9-30(27-47)48-33-18-19-43-37(42)36(33)49(39(48)51)29-14-16-32(17-15-29)52-31-10-5-4-6-11-31/h4-7,10-19,25,30H,8-9,20-24,27H2,1-3H3,(H2,42,43)/t30-/m1/s1. The molecule has 0 aliphatic carbocycles. The molecule has 3 aromatic heterocycles. The minimum absolute atomic E-state index is 0.0541. The molecule has 5 aromatic rings. The number of likely N-dealkylation sites (N-methyl/N-ethyl adjacent to an activating group) is 1. The average Bonchev–Trinajstić information content (AvgIpc) is 3.47. The number of anilines is 2. The number of benzene rings is 2. The van der Waals surface area contributed by atoms with Gasteiger partial charge < -0.3 is 25.2 Å². The summed E-state index contributed by atoms with van der Waals surface area (Å²) in [6.45, 7) is 8.40. The number of fused-ring (bicyclic) bond motifs is 1. The summed E-state index contributed by atoms with van der Waals surface area (Å²) in [5.74, 6) is 2.10. The number of ether oxygens (including phenoxy) is 1. The number of pyridine rings is 2. The summed E-state index contributed by atoms with van der Waals surface area (Å²) in [5, 5.41) is 10.3. The van der Waals surface area contributed by atoms with Crippen LogP contribution >= 0.6 is 0 Å². The molecule has 2 saturated heterocycles. The van der Waals surface area contributed by atoms with Gasteiger partial charge in [0, 0.05) is 50.9 Å². The summed E-state index contributed by atoms with van der Waals surface area (Å²) in [4.78, 5) is 43.9. The van der Waals surface area contributed by atoms with E-state index in [2.05, 4.69) is 27.9 Å². The fraction of sp³-hybridized carbons (Fsp3) is 0.325. The van der Waals surface area contributed by atoms with Crippen LogP contribution in [0.5, 0.6) is 11.5 Å². The molecule has 2 aliphatic rings. The molecule has 0 bridgehead atoms. The summed E-state index contributed by atoms with van der Waals surface area (Å²) in [7, 11) is 2.12. The molecule has 2 aliphatic heterocycles. The van der Waals surface area contributed by atoms with E-state index in [0.29, 0.717) is 47.6 Å². The first kappa shape index (κ1) is 34.5. The van der Waals surface area contributed by atoms with Crippen LogP contribution in [0.25, 0.3) is 16.7 Å². The van der Waals surface area contributed by atoms with Gasteiger partial charge in [-0.2, -0.15) is 5.26 Å². The summed E-state index contributed by atoms with van der Waals surface area (Å²) in [6.07, 6.45) is 4.66. The van der Waals surface area contributed by atoms with Crippen LogP contribution in [0.3, 0.4) is 0 Å². The number of amides is 1. The summed E-state index contributed by atoms with van der Waals surface area (Å²) in [5.41, 5.74) is 8.02. The first-order valence-corrected chi connectivity index (χ1v) is 17.7. The maximum atomic E-state index is 14.3. The van der Waals surface area contributed by atoms with Gasteiger partial charge in [0.05, 0.1) is 22.9 Å². The molecule has 7 rings (SSSR count). The molecule has 5 heterocycles. The Hall–Kier alpha value is -5.93. The zero-order chi connectivity index (χ0) is 36.4. The number of nitrogens with two attached hydrogens (primary N) is 1. The number of piperidine rings is 1. The van der Waals surface area contributed by atoms with Crippen molar-refractivity contribution < 1.29 is 9.53 Å². The number of hydrogen-bond acceptors (Lipinski definition) is 9. The molecule has 52 heavy (non-hydrogen) atoms. The van der Waals surface area contributed by atoms with Crippen LogP contribution in [0.2, 0.25) is 0 Å². The molecular formula is C40H43N9O3. The normalized spacial score (nSPS) is 17.3. The first-order chi connectivity index (χ1) is 25.1. The number of carbonyl (C=O) groups is 1. The van der Waals surface area contributed by atoms with E-state index in [0.717, 1.165) is 37.7 Å². The van der Waals surface area contributed by atoms with Crippen molar-refractivity contribution in [2.45, 2.75) is 38.1 Å². The number of piperazine rings is 1. The second-order valence-corrected chi connectivity index (χ2v) is 14.1. The zero-order valence-corrected chi connectivity index (χ0v) is 29.8. The zero-order valence-electron chi connectivity index (χ0n) is 29.8. The Morgan fingerprint density at radius 3 is 2.42 bits per heavy atom. The smallest absolute Gasteiger partial charge is 0.334 e. The Balaban J connectivity index is 1.15. The number of carbonyl (C=O) groups excluding carboxylic acids is 1. The highest BCUT2D eigenvalue weighted by Gasteiger charge is 2.32. The molecule has 2 N–H and O–H groups in total. The van der Waals surface area contributed by atoms with Crippen LogP contribution in [-0.2, 0) is 10.2 Å². The maximum Gasteiger partial charge on any atom is 0.334 e. The minimum atomic E-state index is -0.685. The van der Waals surface area contributed by atoms with Crippen LogP contribution in [-0.4, -0.2) is 81.1 Å². The van der Waals surface area contributed by atoms with Gasteiger partial charge in [0.2, 0.25) is 0 Å². The molecule has 0 radical (unpaired) electrons. The van der Waals surface area contributed by atoms with Crippen LogP contribution in [0.15, 0.2) is 102 Å². The highest BCUT2D eigenvalue weighted by molar-refractivity contribution is 5.97. The largest absolute Gasteiger partial charge is 0.457 e. The molecule has 12 nitrogen and oxygen atoms in total. The topological polar surface area (TPSA) is 139 Å². The fourth-order valence-corrected chi connectivity index (χ4v) is 7.16. The van der Waals surface area contributed by atoms with E-state index in [1.54, 1.807) is 44.5 Å². The lowest BCUT2D eigenvalue weighted by atomic mass is 9.86. The van der Waals surface area contributed by atoms with Crippen molar-refractivity contribution >= 4 is 28.6 Å².